The summed E-state index contributed by atoms with van der Waals surface area (Å²) in [6.07, 6.45) is 0.885. The van der Waals surface area contributed by atoms with Crippen molar-refractivity contribution in [3.63, 3.8) is 0 Å². The number of rotatable bonds is 5. The highest BCUT2D eigenvalue weighted by atomic mass is 35.5. The quantitative estimate of drug-likeness (QED) is 0.850. The minimum Gasteiger partial charge on any atom is -0.355 e. The van der Waals surface area contributed by atoms with Crippen molar-refractivity contribution in [3.05, 3.63) is 22.4 Å². The number of halogens is 1. The van der Waals surface area contributed by atoms with E-state index in [0.717, 1.165) is 6.42 Å². The van der Waals surface area contributed by atoms with Crippen LogP contribution in [0, 0.1) is 5.41 Å². The second-order valence-corrected chi connectivity index (χ2v) is 5.01. The minimum absolute atomic E-state index is 0. The molecule has 3 N–H and O–H groups in total. The van der Waals surface area contributed by atoms with Gasteiger partial charge in [-0.3, -0.25) is 4.79 Å². The second kappa shape index (κ2) is 6.89. The molecule has 1 aromatic heterocycles. The number of hydrogen-bond donors (Lipinski definition) is 2. The fourth-order valence-electron chi connectivity index (χ4n) is 1.09. The van der Waals surface area contributed by atoms with E-state index >= 15 is 0 Å². The van der Waals surface area contributed by atoms with Crippen LogP contribution in [0.25, 0.3) is 0 Å². The van der Waals surface area contributed by atoms with Crippen LogP contribution in [0.15, 0.2) is 16.8 Å². The van der Waals surface area contributed by atoms with Crippen LogP contribution >= 0.6 is 23.7 Å². The Kier molecular flexibility index (Phi) is 6.64. The van der Waals surface area contributed by atoms with Crippen molar-refractivity contribution in [1.29, 1.82) is 0 Å². The Balaban J connectivity index is 0.00000225. The van der Waals surface area contributed by atoms with Gasteiger partial charge in [-0.1, -0.05) is 0 Å². The largest absolute Gasteiger partial charge is 0.355 e. The van der Waals surface area contributed by atoms with E-state index in [9.17, 15) is 4.79 Å². The maximum absolute atomic E-state index is 11.6. The molecular weight excluding hydrogens is 244 g/mol. The van der Waals surface area contributed by atoms with E-state index in [0.29, 0.717) is 13.1 Å². The zero-order valence-corrected chi connectivity index (χ0v) is 11.3. The third-order valence-electron chi connectivity index (χ3n) is 2.40. The topological polar surface area (TPSA) is 55.1 Å². The molecule has 0 radical (unpaired) electrons. The predicted octanol–water partition coefficient (Wildman–Crippen LogP) is 1.81. The number of hydrogen-bond acceptors (Lipinski definition) is 3. The molecule has 0 saturated heterocycles. The number of amides is 1. The molecule has 5 heteroatoms. The van der Waals surface area contributed by atoms with Crippen LogP contribution < -0.4 is 11.1 Å². The molecule has 0 bridgehead atoms. The first kappa shape index (κ1) is 15.4. The molecule has 1 amide bonds. The lowest BCUT2D eigenvalue weighted by molar-refractivity contribution is -0.128. The molecule has 0 spiro atoms. The van der Waals surface area contributed by atoms with Crippen LogP contribution in [0.1, 0.15) is 19.4 Å². The molecular formula is C11H19ClN2OS. The summed E-state index contributed by atoms with van der Waals surface area (Å²) in [6.45, 7) is 4.76. The third-order valence-corrected chi connectivity index (χ3v) is 3.14. The summed E-state index contributed by atoms with van der Waals surface area (Å²) in [4.78, 5) is 11.6. The molecule has 0 fully saturated rings. The Morgan fingerprint density at radius 2 is 2.25 bits per heavy atom. The van der Waals surface area contributed by atoms with Crippen LogP contribution in [0.2, 0.25) is 0 Å². The average Bonchev–Trinajstić information content (AvgIpc) is 2.70. The minimum atomic E-state index is -0.464. The van der Waals surface area contributed by atoms with Gasteiger partial charge in [-0.05, 0) is 42.7 Å². The lowest BCUT2D eigenvalue weighted by Crippen LogP contribution is -2.42. The highest BCUT2D eigenvalue weighted by Crippen LogP contribution is 2.12. The molecule has 1 heterocycles. The molecule has 92 valence electrons. The molecule has 16 heavy (non-hydrogen) atoms. The number of thiophene rings is 1. The van der Waals surface area contributed by atoms with E-state index in [2.05, 4.69) is 16.8 Å². The van der Waals surface area contributed by atoms with Crippen molar-refractivity contribution in [2.24, 2.45) is 11.1 Å². The zero-order chi connectivity index (χ0) is 11.3. The number of nitrogens with two attached hydrogens (primary N) is 1. The maximum atomic E-state index is 11.6. The van der Waals surface area contributed by atoms with Crippen LogP contribution in [0.5, 0.6) is 0 Å². The van der Waals surface area contributed by atoms with Crippen molar-refractivity contribution in [2.75, 3.05) is 13.1 Å². The van der Waals surface area contributed by atoms with Crippen molar-refractivity contribution >= 4 is 29.7 Å². The first-order valence-electron chi connectivity index (χ1n) is 5.06. The summed E-state index contributed by atoms with van der Waals surface area (Å²) in [5, 5.41) is 7.04. The summed E-state index contributed by atoms with van der Waals surface area (Å²) >= 11 is 1.68. The molecule has 0 aliphatic heterocycles. The van der Waals surface area contributed by atoms with Gasteiger partial charge in [0.15, 0.2) is 0 Å². The molecule has 0 aliphatic rings. The van der Waals surface area contributed by atoms with Gasteiger partial charge in [-0.2, -0.15) is 11.3 Å². The fraction of sp³-hybridized carbons (Fsp3) is 0.545. The van der Waals surface area contributed by atoms with Crippen LogP contribution in [0.4, 0.5) is 0 Å². The first-order valence-corrected chi connectivity index (χ1v) is 6.00. The van der Waals surface area contributed by atoms with Crippen LogP contribution in [-0.4, -0.2) is 19.0 Å². The van der Waals surface area contributed by atoms with Gasteiger partial charge in [0.1, 0.15) is 0 Å². The summed E-state index contributed by atoms with van der Waals surface area (Å²) in [6, 6.07) is 2.07. The average molecular weight is 263 g/mol. The normalized spacial score (nSPS) is 10.7. The van der Waals surface area contributed by atoms with E-state index in [1.165, 1.54) is 5.56 Å². The summed E-state index contributed by atoms with van der Waals surface area (Å²) in [5.74, 6) is 0.0280. The fourth-order valence-corrected chi connectivity index (χ4v) is 1.79. The molecule has 1 aromatic rings. The van der Waals surface area contributed by atoms with Gasteiger partial charge in [0.2, 0.25) is 5.91 Å². The van der Waals surface area contributed by atoms with Crippen molar-refractivity contribution in [3.8, 4) is 0 Å². The molecule has 0 saturated carbocycles. The standard InChI is InChI=1S/C11H18N2OS.ClH/c1-11(2,8-12)10(14)13-5-3-9-4-6-15-7-9;/h4,6-7H,3,5,8,12H2,1-2H3,(H,13,14);1H. The lowest BCUT2D eigenvalue weighted by atomic mass is 9.93. The van der Waals surface area contributed by atoms with E-state index in [1.54, 1.807) is 11.3 Å². The van der Waals surface area contributed by atoms with Gasteiger partial charge in [0, 0.05) is 13.1 Å². The number of nitrogens with one attached hydrogen (secondary N) is 1. The maximum Gasteiger partial charge on any atom is 0.226 e. The Labute approximate surface area is 107 Å². The highest BCUT2D eigenvalue weighted by molar-refractivity contribution is 7.07. The Hall–Kier alpha value is -0.580. The van der Waals surface area contributed by atoms with E-state index in [4.69, 9.17) is 5.73 Å². The lowest BCUT2D eigenvalue weighted by Gasteiger charge is -2.21. The molecule has 0 aromatic carbocycles. The predicted molar refractivity (Wildman–Crippen MR) is 71.1 cm³/mol. The van der Waals surface area contributed by atoms with E-state index in [-0.39, 0.29) is 18.3 Å². The number of carbonyl (C=O) groups is 1. The van der Waals surface area contributed by atoms with Crippen LogP contribution in [0.3, 0.4) is 0 Å². The summed E-state index contributed by atoms with van der Waals surface area (Å²) in [7, 11) is 0. The van der Waals surface area contributed by atoms with Gasteiger partial charge in [-0.25, -0.2) is 0 Å². The van der Waals surface area contributed by atoms with Gasteiger partial charge in [-0.15, -0.1) is 12.4 Å². The molecule has 0 unspecified atom stereocenters. The SMILES string of the molecule is CC(C)(CN)C(=O)NCCc1ccsc1.Cl. The van der Waals surface area contributed by atoms with Crippen molar-refractivity contribution in [2.45, 2.75) is 20.3 Å². The van der Waals surface area contributed by atoms with E-state index in [1.807, 2.05) is 19.2 Å². The van der Waals surface area contributed by atoms with Gasteiger partial charge in [0.25, 0.3) is 0 Å². The van der Waals surface area contributed by atoms with E-state index < -0.39 is 5.41 Å². The molecule has 1 rings (SSSR count). The molecule has 0 atom stereocenters. The summed E-state index contributed by atoms with van der Waals surface area (Å²) < 4.78 is 0. The van der Waals surface area contributed by atoms with Crippen LogP contribution in [-0.2, 0) is 11.2 Å². The Morgan fingerprint density at radius 1 is 1.56 bits per heavy atom. The number of carbonyl (C=O) groups excluding carboxylic acids is 1. The monoisotopic (exact) mass is 262 g/mol. The van der Waals surface area contributed by atoms with Gasteiger partial charge in [0.05, 0.1) is 5.41 Å². The molecule has 0 aliphatic carbocycles. The highest BCUT2D eigenvalue weighted by Gasteiger charge is 2.24. The molecule has 3 nitrogen and oxygen atoms in total. The third kappa shape index (κ3) is 4.51. The summed E-state index contributed by atoms with van der Waals surface area (Å²) in [5.41, 5.74) is 6.32. The van der Waals surface area contributed by atoms with Gasteiger partial charge < -0.3 is 11.1 Å². The zero-order valence-electron chi connectivity index (χ0n) is 9.66. The Morgan fingerprint density at radius 3 is 2.75 bits per heavy atom. The Bertz CT molecular complexity index is 312. The second-order valence-electron chi connectivity index (χ2n) is 4.23. The first-order chi connectivity index (χ1) is 7.06. The van der Waals surface area contributed by atoms with Crippen molar-refractivity contribution < 1.29 is 4.79 Å². The van der Waals surface area contributed by atoms with Crippen molar-refractivity contribution in [1.82, 2.24) is 5.32 Å². The van der Waals surface area contributed by atoms with Gasteiger partial charge >= 0.3 is 0 Å². The smallest absolute Gasteiger partial charge is 0.226 e.